The van der Waals surface area contributed by atoms with E-state index in [2.05, 4.69) is 24.5 Å². The van der Waals surface area contributed by atoms with E-state index in [0.29, 0.717) is 84.2 Å². The van der Waals surface area contributed by atoms with Crippen molar-refractivity contribution in [1.29, 1.82) is 0 Å². The molecular weight excluding hydrogens is 412 g/mol. The Morgan fingerprint density at radius 2 is 1.40 bits per heavy atom. The molecule has 2 amide bonds. The van der Waals surface area contributed by atoms with Crippen LogP contribution in [0.25, 0.3) is 0 Å². The summed E-state index contributed by atoms with van der Waals surface area (Å²) in [6.45, 7) is 9.17. The maximum Gasteiger partial charge on any atom is 0.409 e. The lowest BCUT2D eigenvalue weighted by Gasteiger charge is -2.28. The van der Waals surface area contributed by atoms with Crippen molar-refractivity contribution in [2.45, 2.75) is 24.5 Å². The summed E-state index contributed by atoms with van der Waals surface area (Å²) in [6, 6.07) is 0. The fourth-order valence-corrected chi connectivity index (χ4v) is 2.79. The first-order valence-corrected chi connectivity index (χ1v) is 10.9. The van der Waals surface area contributed by atoms with E-state index in [1.54, 1.807) is 11.0 Å². The third kappa shape index (κ3) is 14.6. The van der Waals surface area contributed by atoms with E-state index < -0.39 is 0 Å². The van der Waals surface area contributed by atoms with Gasteiger partial charge in [-0.3, -0.25) is 4.79 Å². The Bertz CT molecular complexity index is 474. The third-order valence-electron chi connectivity index (χ3n) is 4.19. The molecule has 1 saturated heterocycles. The number of nitrogens with zero attached hydrogens (tertiary/aromatic N) is 1. The van der Waals surface area contributed by atoms with Crippen LogP contribution in [-0.4, -0.2) is 101 Å². The van der Waals surface area contributed by atoms with Crippen molar-refractivity contribution in [3.05, 3.63) is 12.7 Å². The molecule has 1 rings (SSSR count). The number of hydrogen-bond donors (Lipinski definition) is 2. The highest BCUT2D eigenvalue weighted by molar-refractivity contribution is 7.80. The molecule has 1 aliphatic heterocycles. The lowest BCUT2D eigenvalue weighted by Crippen LogP contribution is -2.39. The van der Waals surface area contributed by atoms with Gasteiger partial charge in [-0.2, -0.15) is 12.6 Å². The zero-order chi connectivity index (χ0) is 21.9. The Morgan fingerprint density at radius 3 is 1.93 bits per heavy atom. The minimum absolute atomic E-state index is 0.0587. The van der Waals surface area contributed by atoms with Crippen LogP contribution >= 0.6 is 12.6 Å². The van der Waals surface area contributed by atoms with Crippen LogP contribution in [0.15, 0.2) is 12.7 Å². The molecule has 1 aliphatic rings. The number of ether oxygens (including phenoxy) is 5. The molecule has 0 aromatic heterocycles. The molecule has 0 atom stereocenters. The molecule has 0 aromatic carbocycles. The van der Waals surface area contributed by atoms with E-state index in [0.717, 1.165) is 12.8 Å². The van der Waals surface area contributed by atoms with Crippen LogP contribution in [0, 0.1) is 0 Å². The Kier molecular flexibility index (Phi) is 16.4. The molecule has 0 aromatic rings. The van der Waals surface area contributed by atoms with Crippen molar-refractivity contribution in [1.82, 2.24) is 10.2 Å². The van der Waals surface area contributed by atoms with Gasteiger partial charge in [-0.05, 0) is 12.8 Å². The fourth-order valence-electron chi connectivity index (χ4n) is 2.56. The Labute approximate surface area is 184 Å². The van der Waals surface area contributed by atoms with E-state index in [9.17, 15) is 9.59 Å². The van der Waals surface area contributed by atoms with Gasteiger partial charge >= 0.3 is 6.09 Å². The van der Waals surface area contributed by atoms with Crippen molar-refractivity contribution in [3.63, 3.8) is 0 Å². The fraction of sp³-hybridized carbons (Fsp3) is 0.800. The second-order valence-corrected chi connectivity index (χ2v) is 7.36. The molecule has 10 heteroatoms. The highest BCUT2D eigenvalue weighted by Gasteiger charge is 2.21. The molecule has 0 radical (unpaired) electrons. The molecule has 1 fully saturated rings. The number of piperidine rings is 1. The molecule has 1 heterocycles. The zero-order valence-corrected chi connectivity index (χ0v) is 18.6. The van der Waals surface area contributed by atoms with Gasteiger partial charge in [-0.1, -0.05) is 6.08 Å². The number of rotatable bonds is 17. The molecule has 0 unspecified atom stereocenters. The zero-order valence-electron chi connectivity index (χ0n) is 17.7. The quantitative estimate of drug-likeness (QED) is 0.197. The van der Waals surface area contributed by atoms with Crippen molar-refractivity contribution in [2.24, 2.45) is 0 Å². The summed E-state index contributed by atoms with van der Waals surface area (Å²) in [7, 11) is 0. The molecule has 1 N–H and O–H groups in total. The van der Waals surface area contributed by atoms with Crippen LogP contribution in [0.2, 0.25) is 0 Å². The largest absolute Gasteiger partial charge is 0.447 e. The summed E-state index contributed by atoms with van der Waals surface area (Å²) >= 11 is 4.41. The maximum atomic E-state index is 11.8. The summed E-state index contributed by atoms with van der Waals surface area (Å²) in [6.07, 6.45) is 3.40. The first kappa shape index (κ1) is 26.7. The van der Waals surface area contributed by atoms with Gasteiger partial charge in [0, 0.05) is 31.3 Å². The van der Waals surface area contributed by atoms with E-state index >= 15 is 0 Å². The van der Waals surface area contributed by atoms with Crippen LogP contribution in [0.1, 0.15) is 19.3 Å². The first-order chi connectivity index (χ1) is 14.6. The average Bonchev–Trinajstić information content (AvgIpc) is 2.74. The third-order valence-corrected chi connectivity index (χ3v) is 4.71. The summed E-state index contributed by atoms with van der Waals surface area (Å²) in [5, 5.41) is 3.09. The number of thiol groups is 1. The van der Waals surface area contributed by atoms with Gasteiger partial charge in [0.15, 0.2) is 0 Å². The molecule has 0 aliphatic carbocycles. The second-order valence-electron chi connectivity index (χ2n) is 6.62. The highest BCUT2D eigenvalue weighted by Crippen LogP contribution is 2.15. The second kappa shape index (κ2) is 18.4. The molecule has 9 nitrogen and oxygen atoms in total. The topological polar surface area (TPSA) is 95.6 Å². The van der Waals surface area contributed by atoms with Crippen molar-refractivity contribution < 1.29 is 33.3 Å². The molecule has 0 saturated carbocycles. The van der Waals surface area contributed by atoms with E-state index in [1.165, 1.54) is 0 Å². The summed E-state index contributed by atoms with van der Waals surface area (Å²) < 4.78 is 26.7. The Hall–Kier alpha value is -1.33. The SMILES string of the molecule is C=CCC(=O)NCCOCCOCCOCCOCCOC(=O)N1CCC(S)CC1. The number of carbonyl (C=O) groups excluding carboxylic acids is 2. The van der Waals surface area contributed by atoms with Gasteiger partial charge in [0.05, 0.1) is 52.9 Å². The van der Waals surface area contributed by atoms with Crippen LogP contribution in [0.5, 0.6) is 0 Å². The first-order valence-electron chi connectivity index (χ1n) is 10.4. The minimum Gasteiger partial charge on any atom is -0.447 e. The van der Waals surface area contributed by atoms with Crippen molar-refractivity contribution in [3.8, 4) is 0 Å². The molecular formula is C20H36N2O7S. The van der Waals surface area contributed by atoms with Gasteiger partial charge in [-0.15, -0.1) is 6.58 Å². The Morgan fingerprint density at radius 1 is 0.900 bits per heavy atom. The van der Waals surface area contributed by atoms with E-state index in [4.69, 9.17) is 23.7 Å². The van der Waals surface area contributed by atoms with E-state index in [1.807, 2.05) is 0 Å². The van der Waals surface area contributed by atoms with Crippen molar-refractivity contribution in [2.75, 3.05) is 79.1 Å². The monoisotopic (exact) mass is 448 g/mol. The molecule has 0 spiro atoms. The lowest BCUT2D eigenvalue weighted by atomic mass is 10.1. The number of nitrogens with one attached hydrogen (secondary N) is 1. The predicted octanol–water partition coefficient (Wildman–Crippen LogP) is 1.28. The van der Waals surface area contributed by atoms with Crippen molar-refractivity contribution >= 4 is 24.6 Å². The number of amides is 2. The van der Waals surface area contributed by atoms with Crippen LogP contribution in [0.3, 0.4) is 0 Å². The van der Waals surface area contributed by atoms with E-state index in [-0.39, 0.29) is 18.6 Å². The van der Waals surface area contributed by atoms with Crippen LogP contribution in [-0.2, 0) is 28.5 Å². The van der Waals surface area contributed by atoms with Gasteiger partial charge in [0.2, 0.25) is 5.91 Å². The molecule has 174 valence electrons. The minimum atomic E-state index is -0.284. The average molecular weight is 449 g/mol. The summed E-state index contributed by atoms with van der Waals surface area (Å²) in [5.41, 5.74) is 0. The number of likely N-dealkylation sites (tertiary alicyclic amines) is 1. The standard InChI is InChI=1S/C20H36N2O7S/c1-2-3-19(23)21-6-9-25-10-11-26-12-13-27-14-15-28-16-17-29-20(24)22-7-4-18(30)5-8-22/h2,18,30H,1,3-17H2,(H,21,23). The van der Waals surface area contributed by atoms with Crippen LogP contribution < -0.4 is 5.32 Å². The maximum absolute atomic E-state index is 11.8. The number of hydrogen-bond acceptors (Lipinski definition) is 8. The van der Waals surface area contributed by atoms with Gasteiger partial charge in [0.1, 0.15) is 6.61 Å². The lowest BCUT2D eigenvalue weighted by molar-refractivity contribution is -0.120. The number of carbonyl (C=O) groups is 2. The van der Waals surface area contributed by atoms with Gasteiger partial charge in [-0.25, -0.2) is 4.79 Å². The van der Waals surface area contributed by atoms with Crippen LogP contribution in [0.4, 0.5) is 4.79 Å². The molecule has 30 heavy (non-hydrogen) atoms. The Balaban J connectivity index is 1.75. The van der Waals surface area contributed by atoms with Gasteiger partial charge in [0.25, 0.3) is 0 Å². The predicted molar refractivity (Wildman–Crippen MR) is 116 cm³/mol. The summed E-state index contributed by atoms with van der Waals surface area (Å²) in [4.78, 5) is 24.7. The summed E-state index contributed by atoms with van der Waals surface area (Å²) in [5.74, 6) is -0.0587. The molecule has 0 bridgehead atoms. The van der Waals surface area contributed by atoms with Gasteiger partial charge < -0.3 is 33.9 Å². The normalized spacial score (nSPS) is 14.5. The smallest absolute Gasteiger partial charge is 0.409 e. The highest BCUT2D eigenvalue weighted by atomic mass is 32.1.